The minimum absolute atomic E-state index is 0.0252. The molecule has 1 heterocycles. The number of methoxy groups -OCH3 is 1. The molecule has 0 aromatic heterocycles. The highest BCUT2D eigenvalue weighted by molar-refractivity contribution is 5.79. The van der Waals surface area contributed by atoms with Gasteiger partial charge in [0.1, 0.15) is 6.10 Å². The molecule has 148 valence electrons. The Balaban J connectivity index is 1.82. The van der Waals surface area contributed by atoms with E-state index in [9.17, 15) is 9.59 Å². The zero-order chi connectivity index (χ0) is 19.4. The molecular weight excluding hydrogens is 332 g/mol. The van der Waals surface area contributed by atoms with Crippen LogP contribution < -0.4 is 0 Å². The molecule has 3 fully saturated rings. The van der Waals surface area contributed by atoms with Crippen LogP contribution in [0.5, 0.6) is 0 Å². The van der Waals surface area contributed by atoms with Gasteiger partial charge in [-0.1, -0.05) is 34.6 Å². The Morgan fingerprint density at radius 2 is 1.81 bits per heavy atom. The average molecular weight is 366 g/mol. The summed E-state index contributed by atoms with van der Waals surface area (Å²) in [6.07, 6.45) is 1.17. The van der Waals surface area contributed by atoms with Gasteiger partial charge in [-0.05, 0) is 37.0 Å². The van der Waals surface area contributed by atoms with E-state index >= 15 is 0 Å². The molecule has 7 atom stereocenters. The monoisotopic (exact) mass is 366 g/mol. The Labute approximate surface area is 157 Å². The number of carbonyl (C=O) groups excluding carboxylic acids is 2. The summed E-state index contributed by atoms with van der Waals surface area (Å²) in [7, 11) is 1.68. The molecule has 0 aromatic carbocycles. The van der Waals surface area contributed by atoms with Gasteiger partial charge in [-0.15, -0.1) is 0 Å². The lowest BCUT2D eigenvalue weighted by atomic mass is 9.64. The summed E-state index contributed by atoms with van der Waals surface area (Å²) in [5.74, 6) is 0.453. The van der Waals surface area contributed by atoms with E-state index in [4.69, 9.17) is 14.2 Å². The summed E-state index contributed by atoms with van der Waals surface area (Å²) in [6.45, 7) is 13.0. The van der Waals surface area contributed by atoms with Gasteiger partial charge in [-0.2, -0.15) is 0 Å². The summed E-state index contributed by atoms with van der Waals surface area (Å²) in [4.78, 5) is 25.5. The van der Waals surface area contributed by atoms with Crippen molar-refractivity contribution in [3.05, 3.63) is 0 Å². The van der Waals surface area contributed by atoms with E-state index in [2.05, 4.69) is 34.6 Å². The van der Waals surface area contributed by atoms with Crippen LogP contribution in [0.2, 0.25) is 0 Å². The number of carbonyl (C=O) groups is 2. The van der Waals surface area contributed by atoms with Crippen molar-refractivity contribution in [1.29, 1.82) is 0 Å². The van der Waals surface area contributed by atoms with Crippen molar-refractivity contribution < 1.29 is 23.8 Å². The smallest absolute Gasteiger partial charge is 0.312 e. The predicted molar refractivity (Wildman–Crippen MR) is 97.2 cm³/mol. The number of fused-ring (bicyclic) bond motifs is 5. The van der Waals surface area contributed by atoms with Crippen LogP contribution in [-0.4, -0.2) is 37.9 Å². The molecule has 1 saturated heterocycles. The molecule has 1 aliphatic heterocycles. The van der Waals surface area contributed by atoms with Crippen LogP contribution in [0.1, 0.15) is 54.4 Å². The maximum absolute atomic E-state index is 13.3. The quantitative estimate of drug-likeness (QED) is 0.698. The molecule has 0 amide bonds. The second kappa shape index (κ2) is 6.50. The van der Waals surface area contributed by atoms with E-state index < -0.39 is 5.41 Å². The van der Waals surface area contributed by atoms with Crippen molar-refractivity contribution in [2.24, 2.45) is 40.4 Å². The third-order valence-corrected chi connectivity index (χ3v) is 7.31. The maximum Gasteiger partial charge on any atom is 0.312 e. The molecule has 0 spiro atoms. The normalized spacial score (nSPS) is 38.2. The topological polar surface area (TPSA) is 61.8 Å². The van der Waals surface area contributed by atoms with Gasteiger partial charge in [0, 0.05) is 18.9 Å². The highest BCUT2D eigenvalue weighted by atomic mass is 16.6. The lowest BCUT2D eigenvalue weighted by Gasteiger charge is -2.43. The molecule has 5 nitrogen and oxygen atoms in total. The predicted octanol–water partition coefficient (Wildman–Crippen LogP) is 3.45. The molecule has 2 bridgehead atoms. The van der Waals surface area contributed by atoms with Crippen LogP contribution in [0.25, 0.3) is 0 Å². The van der Waals surface area contributed by atoms with Crippen molar-refractivity contribution in [1.82, 2.24) is 0 Å². The molecule has 5 heteroatoms. The summed E-state index contributed by atoms with van der Waals surface area (Å²) in [6, 6.07) is 0. The summed E-state index contributed by atoms with van der Waals surface area (Å²) in [5.41, 5.74) is -0.805. The Morgan fingerprint density at radius 3 is 2.35 bits per heavy atom. The molecular formula is C21H34O5. The zero-order valence-electron chi connectivity index (χ0n) is 17.2. The van der Waals surface area contributed by atoms with Crippen LogP contribution >= 0.6 is 0 Å². The lowest BCUT2D eigenvalue weighted by Crippen LogP contribution is -2.50. The fraction of sp³-hybridized carbons (Fsp3) is 0.905. The van der Waals surface area contributed by atoms with Crippen molar-refractivity contribution in [2.45, 2.75) is 66.6 Å². The van der Waals surface area contributed by atoms with Gasteiger partial charge >= 0.3 is 11.9 Å². The molecule has 2 saturated carbocycles. The lowest BCUT2D eigenvalue weighted by molar-refractivity contribution is -0.183. The van der Waals surface area contributed by atoms with Crippen molar-refractivity contribution >= 4 is 11.9 Å². The van der Waals surface area contributed by atoms with E-state index in [0.717, 1.165) is 12.8 Å². The van der Waals surface area contributed by atoms with E-state index in [1.54, 1.807) is 7.11 Å². The Kier molecular flexibility index (Phi) is 4.92. The first-order chi connectivity index (χ1) is 12.0. The Hall–Kier alpha value is -1.10. The third-order valence-electron chi connectivity index (χ3n) is 7.31. The first-order valence-corrected chi connectivity index (χ1v) is 9.91. The standard InChI is InChI=1S/C21H34O5/c1-11(2)9-21(6,20(3,4)5)19(23)26-17-13-8-12(16(17)24-7)14-10-25-18(22)15(13)14/h11-17H,8-10H2,1-7H3. The van der Waals surface area contributed by atoms with Crippen LogP contribution in [-0.2, 0) is 23.8 Å². The van der Waals surface area contributed by atoms with Gasteiger partial charge in [-0.3, -0.25) is 9.59 Å². The molecule has 3 rings (SSSR count). The number of hydrogen-bond acceptors (Lipinski definition) is 5. The van der Waals surface area contributed by atoms with Gasteiger partial charge in [0.05, 0.1) is 24.0 Å². The SMILES string of the molecule is COC1C2CC(C1OC(=O)C(C)(CC(C)C)C(C)(C)C)C1C(=O)OCC21. The minimum Gasteiger partial charge on any atom is -0.465 e. The first-order valence-electron chi connectivity index (χ1n) is 9.91. The highest BCUT2D eigenvalue weighted by Gasteiger charge is 2.65. The zero-order valence-corrected chi connectivity index (χ0v) is 17.2. The van der Waals surface area contributed by atoms with Crippen molar-refractivity contribution in [3.63, 3.8) is 0 Å². The van der Waals surface area contributed by atoms with E-state index in [-0.39, 0.29) is 53.2 Å². The molecule has 7 unspecified atom stereocenters. The summed E-state index contributed by atoms with van der Waals surface area (Å²) in [5, 5.41) is 0. The van der Waals surface area contributed by atoms with E-state index in [1.165, 1.54) is 0 Å². The molecule has 26 heavy (non-hydrogen) atoms. The van der Waals surface area contributed by atoms with Gasteiger partial charge in [0.2, 0.25) is 0 Å². The van der Waals surface area contributed by atoms with Gasteiger partial charge < -0.3 is 14.2 Å². The highest BCUT2D eigenvalue weighted by Crippen LogP contribution is 2.57. The summed E-state index contributed by atoms with van der Waals surface area (Å²) >= 11 is 0. The van der Waals surface area contributed by atoms with E-state index in [1.807, 2.05) is 6.92 Å². The van der Waals surface area contributed by atoms with Crippen molar-refractivity contribution in [3.8, 4) is 0 Å². The van der Waals surface area contributed by atoms with Crippen molar-refractivity contribution in [2.75, 3.05) is 13.7 Å². The number of rotatable bonds is 5. The fourth-order valence-corrected chi connectivity index (χ4v) is 5.50. The number of ether oxygens (including phenoxy) is 3. The van der Waals surface area contributed by atoms with Crippen LogP contribution in [0.3, 0.4) is 0 Å². The van der Waals surface area contributed by atoms with Gasteiger partial charge in [-0.25, -0.2) is 0 Å². The largest absolute Gasteiger partial charge is 0.465 e. The fourth-order valence-electron chi connectivity index (χ4n) is 5.50. The van der Waals surface area contributed by atoms with Gasteiger partial charge in [0.25, 0.3) is 0 Å². The second-order valence-electron chi connectivity index (χ2n) is 10.1. The Bertz CT molecular complexity index is 577. The molecule has 3 aliphatic rings. The molecule has 0 aromatic rings. The molecule has 2 aliphatic carbocycles. The molecule has 0 radical (unpaired) electrons. The summed E-state index contributed by atoms with van der Waals surface area (Å²) < 4.78 is 17.1. The van der Waals surface area contributed by atoms with Gasteiger partial charge in [0.15, 0.2) is 0 Å². The Morgan fingerprint density at radius 1 is 1.15 bits per heavy atom. The second-order valence-corrected chi connectivity index (χ2v) is 10.1. The first kappa shape index (κ1) is 19.7. The maximum atomic E-state index is 13.3. The number of hydrogen-bond donors (Lipinski definition) is 0. The van der Waals surface area contributed by atoms with Crippen LogP contribution in [0.4, 0.5) is 0 Å². The number of cyclic esters (lactones) is 1. The minimum atomic E-state index is -0.586. The average Bonchev–Trinajstić information content (AvgIpc) is 3.17. The van der Waals surface area contributed by atoms with E-state index in [0.29, 0.717) is 12.5 Å². The number of esters is 2. The van der Waals surface area contributed by atoms with Crippen LogP contribution in [0.15, 0.2) is 0 Å². The molecule has 0 N–H and O–H groups in total. The third kappa shape index (κ3) is 2.87. The van der Waals surface area contributed by atoms with Crippen LogP contribution in [0, 0.1) is 40.4 Å².